The Bertz CT molecular complexity index is 2550. The van der Waals surface area contributed by atoms with Crippen LogP contribution in [0.1, 0.15) is 108 Å². The third-order valence-electron chi connectivity index (χ3n) is 11.2. The fourth-order valence-electron chi connectivity index (χ4n) is 7.30. The molecule has 0 saturated carbocycles. The van der Waals surface area contributed by atoms with Crippen LogP contribution in [-0.2, 0) is 45.5 Å². The van der Waals surface area contributed by atoms with Crippen LogP contribution in [0, 0.1) is 0 Å². The number of allylic oxidation sites excluding steroid dienone is 2. The number of carbonyl (C=O) groups excluding carboxylic acids is 4. The molecule has 70 heavy (non-hydrogen) atoms. The quantitative estimate of drug-likeness (QED) is 0.0174. The summed E-state index contributed by atoms with van der Waals surface area (Å²) >= 11 is 2.62. The lowest BCUT2D eigenvalue weighted by Gasteiger charge is -2.28. The van der Waals surface area contributed by atoms with E-state index in [1.54, 1.807) is 36.4 Å². The van der Waals surface area contributed by atoms with Gasteiger partial charge in [-0.2, -0.15) is 0 Å². The van der Waals surface area contributed by atoms with E-state index in [0.717, 1.165) is 54.7 Å². The Balaban J connectivity index is 1.04. The highest BCUT2D eigenvalue weighted by atomic mass is 32.2. The molecule has 4 aromatic carbocycles. The van der Waals surface area contributed by atoms with Gasteiger partial charge in [0.05, 0.1) is 63.6 Å². The van der Waals surface area contributed by atoms with Crippen molar-refractivity contribution in [3.05, 3.63) is 128 Å². The summed E-state index contributed by atoms with van der Waals surface area (Å²) in [6.45, 7) is 4.73. The lowest BCUT2D eigenvalue weighted by molar-refractivity contribution is -0.870. The Hall–Kier alpha value is -4.99. The van der Waals surface area contributed by atoms with Crippen LogP contribution >= 0.6 is 31.3 Å². The Labute approximate surface area is 420 Å². The average Bonchev–Trinajstić information content (AvgIpc) is 3.80. The van der Waals surface area contributed by atoms with Crippen molar-refractivity contribution in [1.82, 2.24) is 0 Å². The van der Waals surface area contributed by atoms with Gasteiger partial charge in [-0.3, -0.25) is 23.7 Å². The highest BCUT2D eigenvalue weighted by Gasteiger charge is 2.29. The summed E-state index contributed by atoms with van der Waals surface area (Å²) in [5, 5.41) is 0. The number of carbonyl (C=O) groups is 4. The van der Waals surface area contributed by atoms with E-state index in [1.807, 2.05) is 81.8 Å². The van der Waals surface area contributed by atoms with Crippen molar-refractivity contribution in [2.75, 3.05) is 60.7 Å². The first-order valence-electron chi connectivity index (χ1n) is 23.9. The van der Waals surface area contributed by atoms with Gasteiger partial charge < -0.3 is 37.4 Å². The molecule has 2 aliphatic heterocycles. The van der Waals surface area contributed by atoms with Crippen LogP contribution in [-0.4, -0.2) is 94.8 Å². The molecule has 0 radical (unpaired) electrons. The number of unbranched alkanes of at least 4 members (excludes halogenated alkanes) is 6. The van der Waals surface area contributed by atoms with Crippen LogP contribution in [0.2, 0.25) is 0 Å². The second-order valence-corrected chi connectivity index (χ2v) is 21.8. The van der Waals surface area contributed by atoms with Crippen LogP contribution in [0.4, 0.5) is 0 Å². The summed E-state index contributed by atoms with van der Waals surface area (Å²) in [7, 11) is 0.813. The molecule has 0 spiro atoms. The molecule has 16 heteroatoms. The minimum atomic E-state index is -4.83. The van der Waals surface area contributed by atoms with E-state index in [2.05, 4.69) is 13.8 Å². The van der Waals surface area contributed by atoms with Gasteiger partial charge in [0.25, 0.3) is 7.82 Å². The minimum Gasteiger partial charge on any atom is -0.756 e. The molecule has 0 bridgehead atoms. The van der Waals surface area contributed by atoms with E-state index in [4.69, 9.17) is 28.0 Å². The van der Waals surface area contributed by atoms with Gasteiger partial charge in [-0.1, -0.05) is 112 Å². The summed E-state index contributed by atoms with van der Waals surface area (Å²) in [6, 6.07) is 25.4. The number of benzene rings is 4. The maximum atomic E-state index is 13.4. The molecular formula is C54H64NO12PS2. The Morgan fingerprint density at radius 2 is 1.11 bits per heavy atom. The van der Waals surface area contributed by atoms with Gasteiger partial charge in [-0.15, -0.1) is 0 Å². The van der Waals surface area contributed by atoms with E-state index in [-0.39, 0.29) is 31.0 Å². The van der Waals surface area contributed by atoms with E-state index in [0.29, 0.717) is 66.1 Å². The van der Waals surface area contributed by atoms with Gasteiger partial charge in [-0.05, 0) is 95.8 Å². The van der Waals surface area contributed by atoms with Crippen LogP contribution in [0.5, 0.6) is 11.5 Å². The summed E-state index contributed by atoms with van der Waals surface area (Å²) in [5.74, 6) is -0.0947. The molecule has 0 amide bonds. The number of ether oxygens (including phenoxy) is 4. The molecule has 0 aromatic heterocycles. The van der Waals surface area contributed by atoms with Crippen LogP contribution in [0.3, 0.4) is 0 Å². The number of quaternary nitrogens is 1. The molecular weight excluding hydrogens is 950 g/mol. The number of thioether (sulfide) groups is 2. The van der Waals surface area contributed by atoms with Crippen molar-refractivity contribution < 1.29 is 61.1 Å². The predicted molar refractivity (Wildman–Crippen MR) is 272 cm³/mol. The first-order valence-corrected chi connectivity index (χ1v) is 27.0. The number of nitrogens with zero attached hydrogens (tertiary/aromatic N) is 1. The topological polar surface area (TPSA) is 164 Å². The van der Waals surface area contributed by atoms with Crippen LogP contribution in [0.25, 0.3) is 12.2 Å². The number of rotatable bonds is 28. The number of ketones is 2. The van der Waals surface area contributed by atoms with E-state index < -0.39 is 39.1 Å². The lowest BCUT2D eigenvalue weighted by Crippen LogP contribution is -2.37. The molecule has 374 valence electrons. The van der Waals surface area contributed by atoms with Gasteiger partial charge in [0, 0.05) is 20.9 Å². The highest BCUT2D eigenvalue weighted by Crippen LogP contribution is 2.43. The molecule has 0 fully saturated rings. The molecule has 2 aliphatic rings. The molecule has 2 atom stereocenters. The molecule has 0 aliphatic carbocycles. The first kappa shape index (κ1) is 54.3. The van der Waals surface area contributed by atoms with Crippen molar-refractivity contribution >= 4 is 67.0 Å². The predicted octanol–water partition coefficient (Wildman–Crippen LogP) is 10.7. The molecule has 6 rings (SSSR count). The molecule has 0 saturated heterocycles. The van der Waals surface area contributed by atoms with Crippen molar-refractivity contribution in [1.29, 1.82) is 0 Å². The highest BCUT2D eigenvalue weighted by molar-refractivity contribution is 8.05. The van der Waals surface area contributed by atoms with Gasteiger partial charge in [0.2, 0.25) is 11.6 Å². The van der Waals surface area contributed by atoms with Gasteiger partial charge in [-0.25, -0.2) is 0 Å². The smallest absolute Gasteiger partial charge is 0.310 e. The van der Waals surface area contributed by atoms with Crippen molar-refractivity contribution in [2.45, 2.75) is 94.0 Å². The molecule has 2 heterocycles. The van der Waals surface area contributed by atoms with Crippen molar-refractivity contribution in [2.24, 2.45) is 0 Å². The Morgan fingerprint density at radius 3 is 1.59 bits per heavy atom. The standard InChI is InChI=1S/C54H64NO12PS2/c1-6-8-10-12-27-62-42-20-14-38(15-21-42)30-49-53(58)45-24-18-40(32-47(45)69-49)34-51(56)64-36-44(37-66-68(60,61)65-29-26-55(3,4)5)67-52(57)35-41-19-25-46-48(33-41)70-50(54(46)59)31-39-16-22-43(23-17-39)63-28-13-11-9-7-2/h14-25,30-33,44H,6-13,26-29,34-37H2,1-5H3/b49-30+,50-31-/t44-/m1/s1. The molecule has 0 N–H and O–H groups in total. The third-order valence-corrected chi connectivity index (χ3v) is 14.3. The molecule has 13 nitrogen and oxygen atoms in total. The number of phosphoric ester groups is 1. The number of fused-ring (bicyclic) bond motifs is 2. The normalized spacial score (nSPS) is 15.7. The average molecular weight is 1010 g/mol. The van der Waals surface area contributed by atoms with Crippen LogP contribution < -0.4 is 14.4 Å². The van der Waals surface area contributed by atoms with Gasteiger partial charge in [0.15, 0.2) is 6.10 Å². The number of phosphoric acid groups is 1. The van der Waals surface area contributed by atoms with Gasteiger partial charge >= 0.3 is 11.9 Å². The molecule has 1 unspecified atom stereocenters. The second kappa shape index (κ2) is 26.5. The fourth-order valence-corrected chi connectivity index (χ4v) is 10.3. The van der Waals surface area contributed by atoms with Crippen molar-refractivity contribution in [3.8, 4) is 11.5 Å². The zero-order valence-electron chi connectivity index (χ0n) is 40.7. The van der Waals surface area contributed by atoms with Crippen molar-refractivity contribution in [3.63, 3.8) is 0 Å². The van der Waals surface area contributed by atoms with Crippen LogP contribution in [0.15, 0.2) is 105 Å². The number of hydrogen-bond donors (Lipinski definition) is 0. The summed E-state index contributed by atoms with van der Waals surface area (Å²) < 4.78 is 46.2. The largest absolute Gasteiger partial charge is 0.756 e. The molecule has 4 aromatic rings. The lowest BCUT2D eigenvalue weighted by atomic mass is 10.1. The van der Waals surface area contributed by atoms with E-state index >= 15 is 0 Å². The Morgan fingerprint density at radius 1 is 0.629 bits per heavy atom. The summed E-state index contributed by atoms with van der Waals surface area (Å²) in [5.41, 5.74) is 3.90. The minimum absolute atomic E-state index is 0.114. The van der Waals surface area contributed by atoms with E-state index in [9.17, 15) is 28.6 Å². The second-order valence-electron chi connectivity index (χ2n) is 18.2. The SMILES string of the molecule is CCCCCCOc1ccc(/C=C2\Sc3cc(CC(=O)O[C@H](COC(=O)Cc4ccc5c(c4)S/C(=C/c4ccc(OCCCCCC)cc4)C5=O)COP(=O)([O-])OCC[N+](C)(C)C)ccc3C2=O)cc1. The van der Waals surface area contributed by atoms with Gasteiger partial charge in [0.1, 0.15) is 31.3 Å². The fraction of sp³-hybridized carbons (Fsp3) is 0.407. The summed E-state index contributed by atoms with van der Waals surface area (Å²) in [4.78, 5) is 68.4. The number of esters is 2. The van der Waals surface area contributed by atoms with E-state index in [1.165, 1.54) is 42.8 Å². The maximum Gasteiger partial charge on any atom is 0.310 e. The Kier molecular flexibility index (Phi) is 20.5. The third kappa shape index (κ3) is 17.4. The zero-order valence-corrected chi connectivity index (χ0v) is 43.3. The monoisotopic (exact) mass is 1010 g/mol. The first-order chi connectivity index (χ1) is 33.6. The number of Topliss-reactive ketones (excluding diaryl/α,β-unsaturated/α-hetero) is 2. The zero-order chi connectivity index (χ0) is 50.1. The summed E-state index contributed by atoms with van der Waals surface area (Å²) in [6.07, 6.45) is 10.9. The maximum absolute atomic E-state index is 13.4. The number of likely N-dealkylation sites (N-methyl/N-ethyl adjacent to an activating group) is 1. The number of hydrogen-bond acceptors (Lipinski definition) is 14.